The number of nitrogens with one attached hydrogen (secondary N) is 2. The van der Waals surface area contributed by atoms with Crippen LogP contribution in [0.5, 0.6) is 0 Å². The van der Waals surface area contributed by atoms with E-state index in [2.05, 4.69) is 22.8 Å². The summed E-state index contributed by atoms with van der Waals surface area (Å²) >= 11 is 0. The van der Waals surface area contributed by atoms with Crippen molar-refractivity contribution < 1.29 is 9.90 Å². The van der Waals surface area contributed by atoms with Gasteiger partial charge in [0.2, 0.25) is 5.91 Å². The van der Waals surface area contributed by atoms with E-state index in [1.54, 1.807) is 0 Å². The Balaban J connectivity index is 0.00000208. The van der Waals surface area contributed by atoms with Gasteiger partial charge in [-0.3, -0.25) is 4.79 Å². The molecule has 1 aromatic carbocycles. The van der Waals surface area contributed by atoms with Gasteiger partial charge in [-0.1, -0.05) is 30.3 Å². The molecular formula is C19H29ClN2O2. The minimum absolute atomic E-state index is 0. The predicted octanol–water partition coefficient (Wildman–Crippen LogP) is 2.61. The maximum atomic E-state index is 12.3. The molecule has 2 heterocycles. The quantitative estimate of drug-likeness (QED) is 0.707. The Hall–Kier alpha value is -1.10. The number of amides is 1. The summed E-state index contributed by atoms with van der Waals surface area (Å²) in [6.07, 6.45) is 6.16. The first-order valence-corrected chi connectivity index (χ1v) is 8.93. The molecule has 3 N–H and O–H groups in total. The predicted molar refractivity (Wildman–Crippen MR) is 98.4 cm³/mol. The molecule has 24 heavy (non-hydrogen) atoms. The van der Waals surface area contributed by atoms with E-state index >= 15 is 0 Å². The molecule has 4 nitrogen and oxygen atoms in total. The molecule has 3 unspecified atom stereocenters. The third-order valence-electron chi connectivity index (χ3n) is 5.34. The van der Waals surface area contributed by atoms with Gasteiger partial charge in [0.1, 0.15) is 0 Å². The van der Waals surface area contributed by atoms with Crippen LogP contribution < -0.4 is 10.6 Å². The third-order valence-corrected chi connectivity index (χ3v) is 5.34. The largest absolute Gasteiger partial charge is 0.396 e. The Morgan fingerprint density at radius 1 is 1.21 bits per heavy atom. The van der Waals surface area contributed by atoms with E-state index in [0.29, 0.717) is 37.4 Å². The van der Waals surface area contributed by atoms with E-state index in [0.717, 1.165) is 12.8 Å². The molecule has 1 aromatic rings. The number of rotatable bonds is 7. The van der Waals surface area contributed by atoms with Gasteiger partial charge in [-0.2, -0.15) is 0 Å². The second-order valence-corrected chi connectivity index (χ2v) is 7.10. The van der Waals surface area contributed by atoms with Gasteiger partial charge in [0.05, 0.1) is 0 Å². The van der Waals surface area contributed by atoms with Crippen molar-refractivity contribution in [2.24, 2.45) is 5.92 Å². The zero-order chi connectivity index (χ0) is 16.1. The fraction of sp³-hybridized carbons (Fsp3) is 0.632. The van der Waals surface area contributed by atoms with Gasteiger partial charge in [0, 0.05) is 37.6 Å². The van der Waals surface area contributed by atoms with Gasteiger partial charge in [-0.25, -0.2) is 0 Å². The van der Waals surface area contributed by atoms with E-state index < -0.39 is 0 Å². The SMILES string of the molecule is Cl.O=C(CC1CC2CCC(C1)N2)NCC(CCO)c1ccccc1. The van der Waals surface area contributed by atoms with Gasteiger partial charge in [0.15, 0.2) is 0 Å². The number of carbonyl (C=O) groups is 1. The van der Waals surface area contributed by atoms with Crippen molar-refractivity contribution in [1.82, 2.24) is 10.6 Å². The second-order valence-electron chi connectivity index (χ2n) is 7.10. The van der Waals surface area contributed by atoms with Crippen LogP contribution in [0.25, 0.3) is 0 Å². The van der Waals surface area contributed by atoms with E-state index in [1.165, 1.54) is 18.4 Å². The summed E-state index contributed by atoms with van der Waals surface area (Å²) in [4.78, 5) is 12.3. The Bertz CT molecular complexity index is 499. The van der Waals surface area contributed by atoms with Crippen molar-refractivity contribution in [1.29, 1.82) is 0 Å². The summed E-state index contributed by atoms with van der Waals surface area (Å²) in [6.45, 7) is 0.758. The average molecular weight is 353 g/mol. The average Bonchev–Trinajstić information content (AvgIpc) is 2.91. The van der Waals surface area contributed by atoms with Crippen LogP contribution in [0, 0.1) is 5.92 Å². The molecular weight excluding hydrogens is 324 g/mol. The Kier molecular flexibility index (Phi) is 7.53. The summed E-state index contributed by atoms with van der Waals surface area (Å²) in [5.74, 6) is 0.881. The highest BCUT2D eigenvalue weighted by molar-refractivity contribution is 5.85. The van der Waals surface area contributed by atoms with Crippen LogP contribution in [-0.2, 0) is 4.79 Å². The molecule has 0 aliphatic carbocycles. The maximum absolute atomic E-state index is 12.3. The van der Waals surface area contributed by atoms with E-state index in [9.17, 15) is 9.90 Å². The van der Waals surface area contributed by atoms with Gasteiger partial charge >= 0.3 is 0 Å². The number of hydrogen-bond donors (Lipinski definition) is 3. The number of aliphatic hydroxyl groups excluding tert-OH is 1. The number of piperidine rings is 1. The Morgan fingerprint density at radius 2 is 1.88 bits per heavy atom. The van der Waals surface area contributed by atoms with Crippen molar-refractivity contribution in [3.8, 4) is 0 Å². The first-order chi connectivity index (χ1) is 11.2. The van der Waals surface area contributed by atoms with Crippen LogP contribution >= 0.6 is 12.4 Å². The fourth-order valence-electron chi connectivity index (χ4n) is 4.18. The Labute approximate surface area is 150 Å². The van der Waals surface area contributed by atoms with Gasteiger partial charge in [-0.15, -0.1) is 12.4 Å². The zero-order valence-corrected chi connectivity index (χ0v) is 14.9. The van der Waals surface area contributed by atoms with Gasteiger partial charge in [-0.05, 0) is 43.6 Å². The van der Waals surface area contributed by atoms with Crippen molar-refractivity contribution in [3.05, 3.63) is 35.9 Å². The second kappa shape index (κ2) is 9.40. The lowest BCUT2D eigenvalue weighted by molar-refractivity contribution is -0.122. The first kappa shape index (κ1) is 19.2. The Morgan fingerprint density at radius 3 is 2.50 bits per heavy atom. The molecule has 2 bridgehead atoms. The molecule has 2 fully saturated rings. The third kappa shape index (κ3) is 5.20. The van der Waals surface area contributed by atoms with Crippen LogP contribution in [0.15, 0.2) is 30.3 Å². The molecule has 5 heteroatoms. The van der Waals surface area contributed by atoms with Crippen LogP contribution in [0.2, 0.25) is 0 Å². The molecule has 0 radical (unpaired) electrons. The minimum atomic E-state index is 0. The maximum Gasteiger partial charge on any atom is 0.220 e. The normalized spacial score (nSPS) is 26.5. The summed E-state index contributed by atoms with van der Waals surface area (Å²) < 4.78 is 0. The van der Waals surface area contributed by atoms with Crippen molar-refractivity contribution in [2.75, 3.05) is 13.2 Å². The van der Waals surface area contributed by atoms with Crippen LogP contribution in [0.4, 0.5) is 0 Å². The van der Waals surface area contributed by atoms with Crippen molar-refractivity contribution in [3.63, 3.8) is 0 Å². The standard InChI is InChI=1S/C19H28N2O2.ClH/c22-9-8-16(15-4-2-1-3-5-15)13-20-19(23)12-14-10-17-6-7-18(11-14)21-17;/h1-5,14,16-18,21-22H,6-13H2,(H,20,23);1H. The highest BCUT2D eigenvalue weighted by atomic mass is 35.5. The molecule has 134 valence electrons. The lowest BCUT2D eigenvalue weighted by Gasteiger charge is -2.28. The molecule has 0 spiro atoms. The van der Waals surface area contributed by atoms with Crippen LogP contribution in [0.1, 0.15) is 50.0 Å². The lowest BCUT2D eigenvalue weighted by Crippen LogP contribution is -2.40. The summed E-state index contributed by atoms with van der Waals surface area (Å²) in [5, 5.41) is 16.0. The molecule has 3 atom stereocenters. The van der Waals surface area contributed by atoms with Crippen LogP contribution in [-0.4, -0.2) is 36.2 Å². The zero-order valence-electron chi connectivity index (χ0n) is 14.1. The van der Waals surface area contributed by atoms with Crippen molar-refractivity contribution in [2.45, 2.75) is 56.5 Å². The molecule has 1 amide bonds. The van der Waals surface area contributed by atoms with E-state index in [4.69, 9.17) is 0 Å². The van der Waals surface area contributed by atoms with Crippen LogP contribution in [0.3, 0.4) is 0 Å². The number of aliphatic hydroxyl groups is 1. The molecule has 3 rings (SSSR count). The molecule has 2 saturated heterocycles. The summed E-state index contributed by atoms with van der Waals surface area (Å²) in [5.41, 5.74) is 1.18. The summed E-state index contributed by atoms with van der Waals surface area (Å²) in [7, 11) is 0. The number of fused-ring (bicyclic) bond motifs is 2. The number of halogens is 1. The molecule has 2 aliphatic heterocycles. The lowest BCUT2D eigenvalue weighted by atomic mass is 9.89. The van der Waals surface area contributed by atoms with E-state index in [1.807, 2.05) is 18.2 Å². The molecule has 2 aliphatic rings. The van der Waals surface area contributed by atoms with Gasteiger partial charge < -0.3 is 15.7 Å². The smallest absolute Gasteiger partial charge is 0.220 e. The highest BCUT2D eigenvalue weighted by Crippen LogP contribution is 2.32. The number of hydrogen-bond acceptors (Lipinski definition) is 3. The summed E-state index contributed by atoms with van der Waals surface area (Å²) in [6, 6.07) is 11.4. The molecule has 0 saturated carbocycles. The minimum Gasteiger partial charge on any atom is -0.396 e. The number of benzene rings is 1. The van der Waals surface area contributed by atoms with Gasteiger partial charge in [0.25, 0.3) is 0 Å². The van der Waals surface area contributed by atoms with E-state index in [-0.39, 0.29) is 30.8 Å². The highest BCUT2D eigenvalue weighted by Gasteiger charge is 2.34. The molecule has 0 aromatic heterocycles. The van der Waals surface area contributed by atoms with Crippen molar-refractivity contribution >= 4 is 18.3 Å². The monoisotopic (exact) mass is 352 g/mol. The fourth-order valence-corrected chi connectivity index (χ4v) is 4.18. The number of carbonyl (C=O) groups excluding carboxylic acids is 1. The first-order valence-electron chi connectivity index (χ1n) is 8.93. The topological polar surface area (TPSA) is 61.4 Å².